The fourth-order valence-electron chi connectivity index (χ4n) is 3.58. The first-order valence-corrected chi connectivity index (χ1v) is 9.13. The number of rotatable bonds is 3. The second-order valence-electron chi connectivity index (χ2n) is 6.75. The number of carbonyl (C=O) groups is 1. The molecule has 4 nitrogen and oxygen atoms in total. The Kier molecular flexibility index (Phi) is 4.92. The van der Waals surface area contributed by atoms with Gasteiger partial charge >= 0.3 is 0 Å². The van der Waals surface area contributed by atoms with E-state index in [9.17, 15) is 9.18 Å². The van der Waals surface area contributed by atoms with Gasteiger partial charge in [0.25, 0.3) is 5.91 Å². The molecular formula is C22H20FN3O. The van der Waals surface area contributed by atoms with E-state index < -0.39 is 0 Å². The molecule has 1 aromatic carbocycles. The van der Waals surface area contributed by atoms with Gasteiger partial charge in [0.15, 0.2) is 0 Å². The van der Waals surface area contributed by atoms with Crippen LogP contribution in [0.1, 0.15) is 34.8 Å². The largest absolute Gasteiger partial charge is 0.338 e. The van der Waals surface area contributed by atoms with E-state index in [4.69, 9.17) is 4.98 Å². The Labute approximate surface area is 157 Å². The number of hydrogen-bond donors (Lipinski definition) is 0. The van der Waals surface area contributed by atoms with Crippen LogP contribution in [-0.2, 0) is 0 Å². The summed E-state index contributed by atoms with van der Waals surface area (Å²) in [5.74, 6) is -0.107. The van der Waals surface area contributed by atoms with Gasteiger partial charge in [0.1, 0.15) is 5.82 Å². The third-order valence-corrected chi connectivity index (χ3v) is 4.97. The minimum absolute atomic E-state index is 0.0207. The lowest BCUT2D eigenvalue weighted by Gasteiger charge is -2.32. The molecule has 2 aromatic heterocycles. The Balaban J connectivity index is 1.56. The molecule has 1 aliphatic heterocycles. The van der Waals surface area contributed by atoms with Gasteiger partial charge in [0.05, 0.1) is 5.69 Å². The highest BCUT2D eigenvalue weighted by Crippen LogP contribution is 2.29. The highest BCUT2D eigenvalue weighted by molar-refractivity contribution is 5.94. The van der Waals surface area contributed by atoms with Gasteiger partial charge in [-0.15, -0.1) is 0 Å². The zero-order valence-corrected chi connectivity index (χ0v) is 14.9. The van der Waals surface area contributed by atoms with Crippen LogP contribution in [0.25, 0.3) is 11.3 Å². The third-order valence-electron chi connectivity index (χ3n) is 4.97. The summed E-state index contributed by atoms with van der Waals surface area (Å²) in [5.41, 5.74) is 2.68. The van der Waals surface area contributed by atoms with Crippen molar-refractivity contribution in [3.8, 4) is 11.3 Å². The monoisotopic (exact) mass is 361 g/mol. The second-order valence-corrected chi connectivity index (χ2v) is 6.75. The van der Waals surface area contributed by atoms with Crippen molar-refractivity contribution in [1.29, 1.82) is 0 Å². The summed E-state index contributed by atoms with van der Waals surface area (Å²) in [7, 11) is 0. The Morgan fingerprint density at radius 3 is 2.67 bits per heavy atom. The van der Waals surface area contributed by atoms with Gasteiger partial charge in [0.2, 0.25) is 0 Å². The molecule has 1 fully saturated rings. The number of likely N-dealkylation sites (tertiary alicyclic amines) is 1. The molecule has 1 amide bonds. The van der Waals surface area contributed by atoms with Crippen LogP contribution in [0.4, 0.5) is 4.39 Å². The third kappa shape index (κ3) is 3.72. The number of piperidine rings is 1. The molecule has 0 saturated carbocycles. The number of hydrogen-bond acceptors (Lipinski definition) is 3. The van der Waals surface area contributed by atoms with Crippen LogP contribution in [0.3, 0.4) is 0 Å². The van der Waals surface area contributed by atoms with Gasteiger partial charge in [-0.05, 0) is 49.2 Å². The number of amides is 1. The lowest BCUT2D eigenvalue weighted by atomic mass is 9.93. The van der Waals surface area contributed by atoms with Crippen molar-refractivity contribution >= 4 is 5.91 Å². The summed E-state index contributed by atoms with van der Waals surface area (Å²) < 4.78 is 14.1. The van der Waals surface area contributed by atoms with Crippen molar-refractivity contribution in [3.05, 3.63) is 84.1 Å². The van der Waals surface area contributed by atoms with Gasteiger partial charge in [-0.3, -0.25) is 14.8 Å². The Morgan fingerprint density at radius 2 is 1.85 bits per heavy atom. The van der Waals surface area contributed by atoms with Gasteiger partial charge in [0, 0.05) is 48.2 Å². The lowest BCUT2D eigenvalue weighted by molar-refractivity contribution is 0.0706. The highest BCUT2D eigenvalue weighted by atomic mass is 19.1. The van der Waals surface area contributed by atoms with Crippen LogP contribution in [0.15, 0.2) is 67.0 Å². The maximum Gasteiger partial charge on any atom is 0.253 e. The summed E-state index contributed by atoms with van der Waals surface area (Å²) in [6.45, 7) is 1.36. The molecule has 0 unspecified atom stereocenters. The van der Waals surface area contributed by atoms with E-state index in [0.717, 1.165) is 25.1 Å². The van der Waals surface area contributed by atoms with Crippen LogP contribution in [0.5, 0.6) is 0 Å². The first kappa shape index (κ1) is 17.3. The Hall–Kier alpha value is -3.08. The summed E-state index contributed by atoms with van der Waals surface area (Å²) in [6, 6.07) is 15.8. The quantitative estimate of drug-likeness (QED) is 0.699. The molecular weight excluding hydrogens is 341 g/mol. The molecule has 27 heavy (non-hydrogen) atoms. The van der Waals surface area contributed by atoms with Crippen LogP contribution in [-0.4, -0.2) is 33.9 Å². The molecule has 5 heteroatoms. The Morgan fingerprint density at radius 1 is 1.04 bits per heavy atom. The predicted molar refractivity (Wildman–Crippen MR) is 102 cm³/mol. The molecule has 0 radical (unpaired) electrons. The van der Waals surface area contributed by atoms with Crippen molar-refractivity contribution in [3.63, 3.8) is 0 Å². The molecule has 0 spiro atoms. The van der Waals surface area contributed by atoms with E-state index >= 15 is 0 Å². The molecule has 4 rings (SSSR count). The fourth-order valence-corrected chi connectivity index (χ4v) is 3.58. The number of halogens is 1. The summed E-state index contributed by atoms with van der Waals surface area (Å²) in [4.78, 5) is 23.3. The molecule has 1 aliphatic rings. The van der Waals surface area contributed by atoms with Gasteiger partial charge in [-0.25, -0.2) is 4.39 Å². The van der Waals surface area contributed by atoms with E-state index in [2.05, 4.69) is 4.98 Å². The molecule has 136 valence electrons. The van der Waals surface area contributed by atoms with Crippen LogP contribution in [0, 0.1) is 5.82 Å². The number of pyridine rings is 2. The average Bonchev–Trinajstić information content (AvgIpc) is 2.74. The fraction of sp³-hybridized carbons (Fsp3) is 0.227. The Bertz CT molecular complexity index is 945. The molecule has 1 saturated heterocycles. The molecule has 0 bridgehead atoms. The predicted octanol–water partition coefficient (Wildman–Crippen LogP) is 4.30. The topological polar surface area (TPSA) is 46.1 Å². The molecule has 3 aromatic rings. The second kappa shape index (κ2) is 7.66. The summed E-state index contributed by atoms with van der Waals surface area (Å²) >= 11 is 0. The smallest absolute Gasteiger partial charge is 0.253 e. The van der Waals surface area contributed by atoms with Crippen LogP contribution >= 0.6 is 0 Å². The van der Waals surface area contributed by atoms with Crippen molar-refractivity contribution in [1.82, 2.24) is 14.9 Å². The molecule has 3 heterocycles. The molecule has 0 N–H and O–H groups in total. The minimum Gasteiger partial charge on any atom is -0.338 e. The first-order valence-electron chi connectivity index (χ1n) is 9.13. The number of aromatic nitrogens is 2. The summed E-state index contributed by atoms with van der Waals surface area (Å²) in [6.07, 6.45) is 5.16. The van der Waals surface area contributed by atoms with E-state index in [1.165, 1.54) is 6.07 Å². The SMILES string of the molecule is O=C(c1ccncc1)N1CCC[C@H](c2cccc(-c3ccccc3F)n2)C1. The van der Waals surface area contributed by atoms with Crippen LogP contribution in [0.2, 0.25) is 0 Å². The van der Waals surface area contributed by atoms with Crippen molar-refractivity contribution in [2.24, 2.45) is 0 Å². The standard InChI is InChI=1S/C22H20FN3O/c23-19-7-2-1-6-18(19)21-9-3-8-20(25-21)17-5-4-14-26(15-17)22(27)16-10-12-24-13-11-16/h1-3,6-13,17H,4-5,14-15H2/t17-/m0/s1. The zero-order valence-electron chi connectivity index (χ0n) is 14.9. The maximum absolute atomic E-state index is 14.1. The van der Waals surface area contributed by atoms with Gasteiger partial charge in [-0.1, -0.05) is 18.2 Å². The van der Waals surface area contributed by atoms with Gasteiger partial charge < -0.3 is 4.90 Å². The average molecular weight is 361 g/mol. The number of nitrogens with zero attached hydrogens (tertiary/aromatic N) is 3. The van der Waals surface area contributed by atoms with Gasteiger partial charge in [-0.2, -0.15) is 0 Å². The zero-order chi connectivity index (χ0) is 18.6. The first-order chi connectivity index (χ1) is 13.2. The summed E-state index contributed by atoms with van der Waals surface area (Å²) in [5, 5.41) is 0. The number of benzene rings is 1. The minimum atomic E-state index is -0.278. The lowest BCUT2D eigenvalue weighted by Crippen LogP contribution is -2.39. The highest BCUT2D eigenvalue weighted by Gasteiger charge is 2.26. The van der Waals surface area contributed by atoms with Crippen molar-refractivity contribution < 1.29 is 9.18 Å². The van der Waals surface area contributed by atoms with E-state index in [1.54, 1.807) is 36.7 Å². The van der Waals surface area contributed by atoms with E-state index in [0.29, 0.717) is 23.4 Å². The number of carbonyl (C=O) groups excluding carboxylic acids is 1. The van der Waals surface area contributed by atoms with Crippen LogP contribution < -0.4 is 0 Å². The van der Waals surface area contributed by atoms with E-state index in [-0.39, 0.29) is 17.6 Å². The molecule has 1 atom stereocenters. The van der Waals surface area contributed by atoms with E-state index in [1.807, 2.05) is 29.2 Å². The molecule has 0 aliphatic carbocycles. The van der Waals surface area contributed by atoms with Crippen molar-refractivity contribution in [2.75, 3.05) is 13.1 Å². The maximum atomic E-state index is 14.1. The normalized spacial score (nSPS) is 16.9. The van der Waals surface area contributed by atoms with Crippen molar-refractivity contribution in [2.45, 2.75) is 18.8 Å².